The van der Waals surface area contributed by atoms with Gasteiger partial charge in [-0.25, -0.2) is 9.97 Å². The first kappa shape index (κ1) is 27.0. The van der Waals surface area contributed by atoms with Crippen LogP contribution in [0.2, 0.25) is 0 Å². The van der Waals surface area contributed by atoms with Crippen LogP contribution in [0.3, 0.4) is 0 Å². The van der Waals surface area contributed by atoms with Crippen molar-refractivity contribution in [2.75, 3.05) is 29.9 Å². The Morgan fingerprint density at radius 2 is 1.65 bits per heavy atom. The minimum atomic E-state index is -0.617. The van der Waals surface area contributed by atoms with E-state index in [4.69, 9.17) is 10.7 Å². The molecular formula is C31H43N7O2. The summed E-state index contributed by atoms with van der Waals surface area (Å²) in [7, 11) is 0. The molecule has 9 heteroatoms. The Morgan fingerprint density at radius 3 is 2.33 bits per heavy atom. The quantitative estimate of drug-likeness (QED) is 0.452. The molecule has 4 N–H and O–H groups in total. The maximum atomic E-state index is 12.4. The lowest BCUT2D eigenvalue weighted by Crippen LogP contribution is -2.54. The number of amides is 2. The van der Waals surface area contributed by atoms with Crippen molar-refractivity contribution < 1.29 is 9.59 Å². The summed E-state index contributed by atoms with van der Waals surface area (Å²) in [5, 5.41) is 6.55. The van der Waals surface area contributed by atoms with Crippen molar-refractivity contribution in [1.29, 1.82) is 0 Å². The van der Waals surface area contributed by atoms with Gasteiger partial charge in [-0.3, -0.25) is 9.59 Å². The smallest absolute Gasteiger partial charge is 0.271 e. The summed E-state index contributed by atoms with van der Waals surface area (Å²) in [5.41, 5.74) is 8.01. The molecule has 0 spiro atoms. The summed E-state index contributed by atoms with van der Waals surface area (Å²) in [6, 6.07) is 9.45. The lowest BCUT2D eigenvalue weighted by atomic mass is 9.88. The number of benzene rings is 1. The van der Waals surface area contributed by atoms with Gasteiger partial charge in [0.1, 0.15) is 5.82 Å². The summed E-state index contributed by atoms with van der Waals surface area (Å²) >= 11 is 0. The lowest BCUT2D eigenvalue weighted by Gasteiger charge is -2.40. The lowest BCUT2D eigenvalue weighted by molar-refractivity contribution is -0.123. The number of carbonyl (C=O) groups is 2. The van der Waals surface area contributed by atoms with Crippen LogP contribution in [-0.4, -0.2) is 64.4 Å². The van der Waals surface area contributed by atoms with Crippen LogP contribution < -0.4 is 21.3 Å². The highest BCUT2D eigenvalue weighted by Gasteiger charge is 2.35. The number of carbonyl (C=O) groups excluding carboxylic acids is 2. The Bertz CT molecular complexity index is 1200. The number of piperidine rings is 2. The van der Waals surface area contributed by atoms with Gasteiger partial charge in [-0.2, -0.15) is 0 Å². The Hall–Kier alpha value is -3.20. The fourth-order valence-electron chi connectivity index (χ4n) is 6.93. The molecule has 4 aliphatic rings. The van der Waals surface area contributed by atoms with E-state index in [-0.39, 0.29) is 29.6 Å². The molecule has 2 aliphatic carbocycles. The summed E-state index contributed by atoms with van der Waals surface area (Å²) in [5.74, 6) is 1.36. The third kappa shape index (κ3) is 5.94. The highest BCUT2D eigenvalue weighted by molar-refractivity contribution is 5.96. The van der Waals surface area contributed by atoms with Gasteiger partial charge in [0.15, 0.2) is 11.5 Å². The predicted molar refractivity (Wildman–Crippen MR) is 157 cm³/mol. The normalized spacial score (nSPS) is 24.7. The van der Waals surface area contributed by atoms with Crippen LogP contribution in [0.4, 0.5) is 17.3 Å². The zero-order chi connectivity index (χ0) is 27.6. The third-order valence-corrected chi connectivity index (χ3v) is 9.57. The Labute approximate surface area is 237 Å². The zero-order valence-corrected chi connectivity index (χ0v) is 23.6. The molecule has 3 heterocycles. The van der Waals surface area contributed by atoms with E-state index >= 15 is 0 Å². The van der Waals surface area contributed by atoms with Crippen LogP contribution in [0.25, 0.3) is 0 Å². The number of nitrogens with zero attached hydrogens (tertiary/aromatic N) is 4. The first-order valence-corrected chi connectivity index (χ1v) is 15.3. The molecule has 2 aliphatic heterocycles. The van der Waals surface area contributed by atoms with Crippen molar-refractivity contribution in [2.45, 2.75) is 95.2 Å². The van der Waals surface area contributed by atoms with Crippen molar-refractivity contribution >= 4 is 29.1 Å². The van der Waals surface area contributed by atoms with Gasteiger partial charge in [0.05, 0.1) is 6.20 Å². The molecule has 2 unspecified atom stereocenters. The van der Waals surface area contributed by atoms with E-state index in [0.29, 0.717) is 17.6 Å². The summed E-state index contributed by atoms with van der Waals surface area (Å²) in [6.07, 6.45) is 13.4. The van der Waals surface area contributed by atoms with E-state index < -0.39 is 5.91 Å². The largest absolute Gasteiger partial charge is 0.364 e. The van der Waals surface area contributed by atoms with Crippen LogP contribution in [-0.2, 0) is 4.79 Å². The van der Waals surface area contributed by atoms with Gasteiger partial charge in [0, 0.05) is 36.3 Å². The number of rotatable bonds is 8. The van der Waals surface area contributed by atoms with Crippen molar-refractivity contribution in [1.82, 2.24) is 20.2 Å². The van der Waals surface area contributed by atoms with Crippen LogP contribution in [0.1, 0.15) is 93.1 Å². The molecule has 2 atom stereocenters. The molecule has 1 aromatic carbocycles. The van der Waals surface area contributed by atoms with Crippen LogP contribution in [0.15, 0.2) is 30.5 Å². The molecular weight excluding hydrogens is 502 g/mol. The Balaban J connectivity index is 1.13. The topological polar surface area (TPSA) is 116 Å². The SMILES string of the molecule is CC1C(NC(=O)C2CC2)CCCN1c1cnc(C(N)=O)c(Nc2ccc(C3CCN(C4CCCC4)CC3)cc2)n1. The summed E-state index contributed by atoms with van der Waals surface area (Å²) in [4.78, 5) is 38.7. The maximum Gasteiger partial charge on any atom is 0.271 e. The number of nitrogens with one attached hydrogen (secondary N) is 2. The monoisotopic (exact) mass is 545 g/mol. The average molecular weight is 546 g/mol. The number of nitrogens with two attached hydrogens (primary N) is 1. The molecule has 4 fully saturated rings. The molecule has 9 nitrogen and oxygen atoms in total. The second-order valence-electron chi connectivity index (χ2n) is 12.3. The van der Waals surface area contributed by atoms with E-state index in [0.717, 1.165) is 44.0 Å². The van der Waals surface area contributed by atoms with E-state index in [9.17, 15) is 9.59 Å². The minimum Gasteiger partial charge on any atom is -0.364 e. The second-order valence-corrected chi connectivity index (χ2v) is 12.3. The predicted octanol–water partition coefficient (Wildman–Crippen LogP) is 4.32. The van der Waals surface area contributed by atoms with Crippen LogP contribution >= 0.6 is 0 Å². The number of hydrogen-bond donors (Lipinski definition) is 3. The number of aromatic nitrogens is 2. The third-order valence-electron chi connectivity index (χ3n) is 9.57. The van der Waals surface area contributed by atoms with Crippen LogP contribution in [0, 0.1) is 5.92 Å². The second kappa shape index (κ2) is 11.7. The number of hydrogen-bond acceptors (Lipinski definition) is 7. The van der Waals surface area contributed by atoms with E-state index in [1.54, 1.807) is 6.20 Å². The first-order chi connectivity index (χ1) is 19.5. The molecule has 0 radical (unpaired) electrons. The fourth-order valence-corrected chi connectivity index (χ4v) is 6.93. The Morgan fingerprint density at radius 1 is 0.925 bits per heavy atom. The molecule has 2 saturated carbocycles. The number of anilines is 3. The molecule has 214 valence electrons. The van der Waals surface area contributed by atoms with Gasteiger partial charge in [-0.1, -0.05) is 25.0 Å². The molecule has 6 rings (SSSR count). The van der Waals surface area contributed by atoms with E-state index in [1.807, 2.05) is 0 Å². The minimum absolute atomic E-state index is 0.0634. The van der Waals surface area contributed by atoms with E-state index in [2.05, 4.69) is 56.6 Å². The highest BCUT2D eigenvalue weighted by Crippen LogP contribution is 2.34. The van der Waals surface area contributed by atoms with Crippen molar-refractivity contribution in [3.63, 3.8) is 0 Å². The van der Waals surface area contributed by atoms with E-state index in [1.165, 1.54) is 57.2 Å². The molecule has 40 heavy (non-hydrogen) atoms. The molecule has 0 bridgehead atoms. The van der Waals surface area contributed by atoms with Crippen molar-refractivity contribution in [2.24, 2.45) is 11.7 Å². The standard InChI is InChI=1S/C31H43N7O2/c1-20-26(35-31(40)23-8-9-23)7-4-16-38(20)27-19-33-28(29(32)39)30(36-27)34-24-12-10-21(11-13-24)22-14-17-37(18-15-22)25-5-2-3-6-25/h10-13,19-20,22-23,25-26H,2-9,14-18H2,1H3,(H2,32,39)(H,34,36)(H,35,40). The van der Waals surface area contributed by atoms with Crippen molar-refractivity contribution in [3.8, 4) is 0 Å². The molecule has 1 aromatic heterocycles. The van der Waals surface area contributed by atoms with Gasteiger partial charge in [-0.15, -0.1) is 0 Å². The highest BCUT2D eigenvalue weighted by atomic mass is 16.2. The van der Waals surface area contributed by atoms with Gasteiger partial charge < -0.3 is 26.2 Å². The molecule has 2 aromatic rings. The number of likely N-dealkylation sites (tertiary alicyclic amines) is 1. The van der Waals surface area contributed by atoms with Crippen LogP contribution in [0.5, 0.6) is 0 Å². The number of primary amides is 1. The molecule has 2 saturated heterocycles. The first-order valence-electron chi connectivity index (χ1n) is 15.3. The zero-order valence-electron chi connectivity index (χ0n) is 23.6. The summed E-state index contributed by atoms with van der Waals surface area (Å²) in [6.45, 7) is 5.32. The van der Waals surface area contributed by atoms with Crippen molar-refractivity contribution in [3.05, 3.63) is 41.7 Å². The molecule has 2 amide bonds. The van der Waals surface area contributed by atoms with Gasteiger partial charge in [-0.05, 0) is 95.0 Å². The Kier molecular flexibility index (Phi) is 7.91. The maximum absolute atomic E-state index is 12.4. The van der Waals surface area contributed by atoms with Gasteiger partial charge in [0.25, 0.3) is 5.91 Å². The van der Waals surface area contributed by atoms with Gasteiger partial charge >= 0.3 is 0 Å². The van der Waals surface area contributed by atoms with Gasteiger partial charge in [0.2, 0.25) is 5.91 Å². The summed E-state index contributed by atoms with van der Waals surface area (Å²) < 4.78 is 0. The fraction of sp³-hybridized carbons (Fsp3) is 0.613. The average Bonchev–Trinajstić information content (AvgIpc) is 3.68.